The summed E-state index contributed by atoms with van der Waals surface area (Å²) >= 11 is 0. The second-order valence-electron chi connectivity index (χ2n) is 6.02. The van der Waals surface area contributed by atoms with E-state index in [2.05, 4.69) is 23.7 Å². The fraction of sp³-hybridized carbons (Fsp3) is 0.389. The predicted molar refractivity (Wildman–Crippen MR) is 90.6 cm³/mol. The number of rotatable bonds is 3. The third-order valence-corrected chi connectivity index (χ3v) is 4.35. The Labute approximate surface area is 131 Å². The molecule has 1 aromatic rings. The molecular weight excluding hydrogens is 274 g/mol. The average Bonchev–Trinajstić information content (AvgIpc) is 2.80. The second kappa shape index (κ2) is 6.26. The van der Waals surface area contributed by atoms with Crippen molar-refractivity contribution in [3.05, 3.63) is 42.5 Å². The number of carbonyl (C=O) groups is 1. The van der Waals surface area contributed by atoms with Gasteiger partial charge in [0, 0.05) is 17.8 Å². The molecule has 1 amide bonds. The first-order valence-corrected chi connectivity index (χ1v) is 7.86. The minimum atomic E-state index is -0.0883. The van der Waals surface area contributed by atoms with E-state index in [1.54, 1.807) is 11.0 Å². The van der Waals surface area contributed by atoms with Crippen LogP contribution in [-0.2, 0) is 4.79 Å². The maximum absolute atomic E-state index is 12.6. The van der Waals surface area contributed by atoms with Gasteiger partial charge in [0.25, 0.3) is 5.91 Å². The van der Waals surface area contributed by atoms with Crippen molar-refractivity contribution >= 4 is 23.0 Å². The Balaban J connectivity index is 1.90. The molecule has 0 radical (unpaired) electrons. The summed E-state index contributed by atoms with van der Waals surface area (Å²) in [7, 11) is 0. The fourth-order valence-corrected chi connectivity index (χ4v) is 2.98. The zero-order chi connectivity index (χ0) is 15.5. The van der Waals surface area contributed by atoms with E-state index in [1.165, 1.54) is 0 Å². The number of fused-ring (bicyclic) bond motifs is 1. The molecule has 4 heteroatoms. The summed E-state index contributed by atoms with van der Waals surface area (Å²) in [5, 5.41) is 8.68. The monoisotopic (exact) mass is 295 g/mol. The van der Waals surface area contributed by atoms with Crippen LogP contribution in [0, 0.1) is 5.92 Å². The van der Waals surface area contributed by atoms with Gasteiger partial charge in [-0.3, -0.25) is 4.79 Å². The van der Waals surface area contributed by atoms with Gasteiger partial charge >= 0.3 is 0 Å². The number of para-hydroxylation sites is 1. The van der Waals surface area contributed by atoms with Crippen LogP contribution in [0.15, 0.2) is 47.1 Å². The van der Waals surface area contributed by atoms with E-state index in [0.717, 1.165) is 48.6 Å². The lowest BCUT2D eigenvalue weighted by molar-refractivity contribution is -0.112. The lowest BCUT2D eigenvalue weighted by Gasteiger charge is -2.17. The van der Waals surface area contributed by atoms with Crippen molar-refractivity contribution in [3.8, 4) is 0 Å². The molecule has 0 unspecified atom stereocenters. The molecule has 22 heavy (non-hydrogen) atoms. The van der Waals surface area contributed by atoms with Gasteiger partial charge in [0.2, 0.25) is 0 Å². The van der Waals surface area contributed by atoms with Crippen LogP contribution >= 0.6 is 0 Å². The molecule has 0 spiro atoms. The van der Waals surface area contributed by atoms with Crippen LogP contribution in [0.25, 0.3) is 0 Å². The quantitative estimate of drug-likeness (QED) is 0.621. The molecule has 1 aliphatic heterocycles. The molecule has 0 N–H and O–H groups in total. The van der Waals surface area contributed by atoms with Gasteiger partial charge in [-0.2, -0.15) is 5.10 Å². The standard InChI is InChI=1S/C18H21N3O/c1-3-12-21-16-7-5-4-6-15(16)17(18(21)22)20-19-14-10-8-13(2)9-11-14/h3-7,13H,1,8-12H2,2H3/b19-14?,20-17-. The normalized spacial score (nSPS) is 22.9. The highest BCUT2D eigenvalue weighted by Crippen LogP contribution is 2.29. The van der Waals surface area contributed by atoms with Crippen LogP contribution in [-0.4, -0.2) is 23.9 Å². The van der Waals surface area contributed by atoms with E-state index >= 15 is 0 Å². The molecule has 4 nitrogen and oxygen atoms in total. The van der Waals surface area contributed by atoms with Gasteiger partial charge in [0.15, 0.2) is 5.71 Å². The first-order valence-electron chi connectivity index (χ1n) is 7.86. The molecule has 1 saturated carbocycles. The summed E-state index contributed by atoms with van der Waals surface area (Å²) in [4.78, 5) is 14.3. The zero-order valence-electron chi connectivity index (χ0n) is 13.0. The van der Waals surface area contributed by atoms with Crippen LogP contribution in [0.3, 0.4) is 0 Å². The first-order chi connectivity index (χ1) is 10.7. The van der Waals surface area contributed by atoms with E-state index in [9.17, 15) is 4.79 Å². The molecule has 1 heterocycles. The predicted octanol–water partition coefficient (Wildman–Crippen LogP) is 3.57. The summed E-state index contributed by atoms with van der Waals surface area (Å²) in [6.07, 6.45) is 6.04. The third kappa shape index (κ3) is 2.73. The highest BCUT2D eigenvalue weighted by Gasteiger charge is 2.33. The highest BCUT2D eigenvalue weighted by atomic mass is 16.2. The maximum atomic E-state index is 12.6. The summed E-state index contributed by atoms with van der Waals surface area (Å²) in [5.41, 5.74) is 3.31. The Morgan fingerprint density at radius 2 is 2.00 bits per heavy atom. The minimum absolute atomic E-state index is 0.0883. The summed E-state index contributed by atoms with van der Waals surface area (Å²) in [6.45, 7) is 6.48. The van der Waals surface area contributed by atoms with Gasteiger partial charge in [0.05, 0.1) is 5.69 Å². The third-order valence-electron chi connectivity index (χ3n) is 4.35. The molecule has 0 atom stereocenters. The van der Waals surface area contributed by atoms with Gasteiger partial charge < -0.3 is 4.90 Å². The Bertz CT molecular complexity index is 650. The Hall–Kier alpha value is -2.23. The SMILES string of the molecule is C=CCN1C(=O)/C(=N\N=C2CCC(C)CC2)c2ccccc21. The largest absolute Gasteiger partial charge is 0.302 e. The molecule has 0 aromatic heterocycles. The molecule has 1 aliphatic carbocycles. The van der Waals surface area contributed by atoms with E-state index in [0.29, 0.717) is 12.3 Å². The molecular formula is C18H21N3O. The number of benzene rings is 1. The Morgan fingerprint density at radius 3 is 2.73 bits per heavy atom. The molecule has 3 rings (SSSR count). The second-order valence-corrected chi connectivity index (χ2v) is 6.02. The van der Waals surface area contributed by atoms with Crippen LogP contribution < -0.4 is 4.90 Å². The van der Waals surface area contributed by atoms with E-state index < -0.39 is 0 Å². The van der Waals surface area contributed by atoms with Crippen molar-refractivity contribution < 1.29 is 4.79 Å². The van der Waals surface area contributed by atoms with Crippen LogP contribution in [0.2, 0.25) is 0 Å². The average molecular weight is 295 g/mol. The minimum Gasteiger partial charge on any atom is -0.302 e. The number of amides is 1. The Kier molecular flexibility index (Phi) is 4.18. The highest BCUT2D eigenvalue weighted by molar-refractivity contribution is 6.54. The van der Waals surface area contributed by atoms with Crippen molar-refractivity contribution in [2.75, 3.05) is 11.4 Å². The van der Waals surface area contributed by atoms with Gasteiger partial charge in [-0.15, -0.1) is 11.7 Å². The number of nitrogens with zero attached hydrogens (tertiary/aromatic N) is 3. The first kappa shape index (κ1) is 14.7. The summed E-state index contributed by atoms with van der Waals surface area (Å²) in [6, 6.07) is 7.72. The molecule has 0 bridgehead atoms. The number of hydrogen-bond donors (Lipinski definition) is 0. The fourth-order valence-electron chi connectivity index (χ4n) is 2.98. The van der Waals surface area contributed by atoms with Gasteiger partial charge in [-0.25, -0.2) is 0 Å². The topological polar surface area (TPSA) is 45.0 Å². The smallest absolute Gasteiger partial charge is 0.279 e. The van der Waals surface area contributed by atoms with Crippen molar-refractivity contribution in [1.29, 1.82) is 0 Å². The van der Waals surface area contributed by atoms with Crippen LogP contribution in [0.5, 0.6) is 0 Å². The van der Waals surface area contributed by atoms with E-state index in [-0.39, 0.29) is 5.91 Å². The van der Waals surface area contributed by atoms with E-state index in [4.69, 9.17) is 0 Å². The van der Waals surface area contributed by atoms with Crippen molar-refractivity contribution in [2.45, 2.75) is 32.6 Å². The van der Waals surface area contributed by atoms with Crippen molar-refractivity contribution in [1.82, 2.24) is 0 Å². The molecule has 114 valence electrons. The number of hydrogen-bond acceptors (Lipinski definition) is 3. The molecule has 0 saturated heterocycles. The lowest BCUT2D eigenvalue weighted by Crippen LogP contribution is -2.30. The van der Waals surface area contributed by atoms with Gasteiger partial charge in [0.1, 0.15) is 0 Å². The van der Waals surface area contributed by atoms with Crippen LogP contribution in [0.1, 0.15) is 38.2 Å². The molecule has 2 aliphatic rings. The van der Waals surface area contributed by atoms with Crippen LogP contribution in [0.4, 0.5) is 5.69 Å². The van der Waals surface area contributed by atoms with Crippen molar-refractivity contribution in [2.24, 2.45) is 16.1 Å². The summed E-state index contributed by atoms with van der Waals surface area (Å²) in [5.74, 6) is 0.679. The lowest BCUT2D eigenvalue weighted by atomic mass is 9.90. The molecule has 1 aromatic carbocycles. The maximum Gasteiger partial charge on any atom is 0.279 e. The van der Waals surface area contributed by atoms with E-state index in [1.807, 2.05) is 24.3 Å². The van der Waals surface area contributed by atoms with Gasteiger partial charge in [-0.1, -0.05) is 31.2 Å². The van der Waals surface area contributed by atoms with Crippen molar-refractivity contribution in [3.63, 3.8) is 0 Å². The Morgan fingerprint density at radius 1 is 1.27 bits per heavy atom. The van der Waals surface area contributed by atoms with Gasteiger partial charge in [-0.05, 0) is 37.7 Å². The summed E-state index contributed by atoms with van der Waals surface area (Å²) < 4.78 is 0. The zero-order valence-corrected chi connectivity index (χ0v) is 13.0. The number of carbonyl (C=O) groups excluding carboxylic acids is 1. The number of anilines is 1. The molecule has 1 fully saturated rings.